The molecule has 0 spiro atoms. The standard InChI is InChI=1S/C18H27N3O3/c1-14(2)21(12-16-9-6-10-20(16)17(22)11-19)18(23)24-13-15-7-4-3-5-8-15/h3-5,7-8,14,16H,6,9-13,19H2,1-2H3/t16-/m0/s1. The fourth-order valence-electron chi connectivity index (χ4n) is 3.00. The van der Waals surface area contributed by atoms with Gasteiger partial charge in [-0.15, -0.1) is 0 Å². The highest BCUT2D eigenvalue weighted by Crippen LogP contribution is 2.20. The molecular weight excluding hydrogens is 306 g/mol. The Bertz CT molecular complexity index is 548. The monoisotopic (exact) mass is 333 g/mol. The summed E-state index contributed by atoms with van der Waals surface area (Å²) in [4.78, 5) is 27.9. The van der Waals surface area contributed by atoms with Crippen LogP contribution < -0.4 is 5.73 Å². The van der Waals surface area contributed by atoms with Gasteiger partial charge in [0.25, 0.3) is 0 Å². The first-order valence-electron chi connectivity index (χ1n) is 8.49. The fraction of sp³-hybridized carbons (Fsp3) is 0.556. The van der Waals surface area contributed by atoms with Crippen molar-refractivity contribution in [2.45, 2.75) is 45.4 Å². The number of carbonyl (C=O) groups excluding carboxylic acids is 2. The van der Waals surface area contributed by atoms with Crippen LogP contribution in [0.4, 0.5) is 4.79 Å². The lowest BCUT2D eigenvalue weighted by Gasteiger charge is -2.32. The van der Waals surface area contributed by atoms with Gasteiger partial charge in [0, 0.05) is 25.2 Å². The molecule has 24 heavy (non-hydrogen) atoms. The lowest BCUT2D eigenvalue weighted by Crippen LogP contribution is -2.49. The number of nitrogens with zero attached hydrogens (tertiary/aromatic N) is 2. The molecule has 0 unspecified atom stereocenters. The average molecular weight is 333 g/mol. The molecule has 1 atom stereocenters. The number of nitrogens with two attached hydrogens (primary N) is 1. The first-order chi connectivity index (χ1) is 11.5. The number of benzene rings is 1. The molecule has 0 aromatic heterocycles. The van der Waals surface area contributed by atoms with Crippen molar-refractivity contribution in [3.63, 3.8) is 0 Å². The Morgan fingerprint density at radius 2 is 2.04 bits per heavy atom. The van der Waals surface area contributed by atoms with E-state index in [0.717, 1.165) is 18.4 Å². The third-order valence-electron chi connectivity index (χ3n) is 4.34. The normalized spacial score (nSPS) is 17.2. The van der Waals surface area contributed by atoms with Gasteiger partial charge in [-0.25, -0.2) is 4.79 Å². The highest BCUT2D eigenvalue weighted by molar-refractivity contribution is 5.78. The Morgan fingerprint density at radius 1 is 1.33 bits per heavy atom. The Morgan fingerprint density at radius 3 is 2.67 bits per heavy atom. The smallest absolute Gasteiger partial charge is 0.410 e. The summed E-state index contributed by atoms with van der Waals surface area (Å²) in [5, 5.41) is 0. The number of hydrogen-bond donors (Lipinski definition) is 1. The molecule has 1 heterocycles. The Hall–Kier alpha value is -2.08. The summed E-state index contributed by atoms with van der Waals surface area (Å²) in [5.41, 5.74) is 6.43. The van der Waals surface area contributed by atoms with Crippen molar-refractivity contribution in [1.29, 1.82) is 0 Å². The van der Waals surface area contributed by atoms with Crippen LogP contribution >= 0.6 is 0 Å². The summed E-state index contributed by atoms with van der Waals surface area (Å²) in [5.74, 6) is -0.0566. The Labute approximate surface area is 143 Å². The van der Waals surface area contributed by atoms with E-state index in [4.69, 9.17) is 10.5 Å². The molecule has 0 aliphatic carbocycles. The molecule has 0 saturated carbocycles. The fourth-order valence-corrected chi connectivity index (χ4v) is 3.00. The second-order valence-electron chi connectivity index (χ2n) is 6.37. The SMILES string of the molecule is CC(C)N(C[C@@H]1CCCN1C(=O)CN)C(=O)OCc1ccccc1. The van der Waals surface area contributed by atoms with E-state index in [1.54, 1.807) is 9.80 Å². The van der Waals surface area contributed by atoms with E-state index >= 15 is 0 Å². The lowest BCUT2D eigenvalue weighted by atomic mass is 10.2. The number of likely N-dealkylation sites (tertiary alicyclic amines) is 1. The minimum atomic E-state index is -0.346. The van der Waals surface area contributed by atoms with Gasteiger partial charge < -0.3 is 20.3 Å². The van der Waals surface area contributed by atoms with E-state index in [9.17, 15) is 9.59 Å². The van der Waals surface area contributed by atoms with Crippen LogP contribution in [0, 0.1) is 0 Å². The molecule has 2 amide bonds. The molecule has 1 aliphatic heterocycles. The van der Waals surface area contributed by atoms with Gasteiger partial charge in [0.05, 0.1) is 6.54 Å². The molecule has 1 aromatic carbocycles. The third-order valence-corrected chi connectivity index (χ3v) is 4.34. The van der Waals surface area contributed by atoms with Gasteiger partial charge in [0.1, 0.15) is 6.61 Å². The largest absolute Gasteiger partial charge is 0.445 e. The molecule has 1 aromatic rings. The van der Waals surface area contributed by atoms with Gasteiger partial charge in [0.15, 0.2) is 0 Å². The Kier molecular flexibility index (Phi) is 6.61. The van der Waals surface area contributed by atoms with E-state index in [-0.39, 0.29) is 37.2 Å². The van der Waals surface area contributed by atoms with Crippen molar-refractivity contribution in [1.82, 2.24) is 9.80 Å². The molecule has 6 nitrogen and oxygen atoms in total. The number of ether oxygens (including phenoxy) is 1. The molecule has 0 radical (unpaired) electrons. The van der Waals surface area contributed by atoms with Crippen LogP contribution in [0.5, 0.6) is 0 Å². The van der Waals surface area contributed by atoms with Crippen molar-refractivity contribution in [3.8, 4) is 0 Å². The minimum Gasteiger partial charge on any atom is -0.445 e. The highest BCUT2D eigenvalue weighted by Gasteiger charge is 2.32. The van der Waals surface area contributed by atoms with Crippen molar-refractivity contribution >= 4 is 12.0 Å². The number of hydrogen-bond acceptors (Lipinski definition) is 4. The molecule has 1 aliphatic rings. The Balaban J connectivity index is 1.95. The summed E-state index contributed by atoms with van der Waals surface area (Å²) >= 11 is 0. The topological polar surface area (TPSA) is 75.9 Å². The molecule has 1 saturated heterocycles. The van der Waals surface area contributed by atoms with Gasteiger partial charge in [-0.3, -0.25) is 4.79 Å². The molecule has 2 rings (SSSR count). The summed E-state index contributed by atoms with van der Waals surface area (Å²) in [6, 6.07) is 9.62. The van der Waals surface area contributed by atoms with Crippen molar-refractivity contribution < 1.29 is 14.3 Å². The van der Waals surface area contributed by atoms with Crippen molar-refractivity contribution in [3.05, 3.63) is 35.9 Å². The maximum atomic E-state index is 12.5. The molecule has 1 fully saturated rings. The first-order valence-corrected chi connectivity index (χ1v) is 8.49. The predicted molar refractivity (Wildman–Crippen MR) is 92.3 cm³/mol. The summed E-state index contributed by atoms with van der Waals surface area (Å²) < 4.78 is 5.44. The van der Waals surface area contributed by atoms with Crippen LogP contribution in [0.15, 0.2) is 30.3 Å². The summed E-state index contributed by atoms with van der Waals surface area (Å²) in [7, 11) is 0. The zero-order valence-corrected chi connectivity index (χ0v) is 14.5. The van der Waals surface area contributed by atoms with E-state index in [1.165, 1.54) is 0 Å². The van der Waals surface area contributed by atoms with Crippen LogP contribution in [-0.2, 0) is 16.1 Å². The second-order valence-corrected chi connectivity index (χ2v) is 6.37. The second kappa shape index (κ2) is 8.68. The summed E-state index contributed by atoms with van der Waals surface area (Å²) in [6.07, 6.45) is 1.49. The first kappa shape index (κ1) is 18.3. The van der Waals surface area contributed by atoms with Crippen molar-refractivity contribution in [2.75, 3.05) is 19.6 Å². The highest BCUT2D eigenvalue weighted by atomic mass is 16.6. The number of carbonyl (C=O) groups is 2. The molecule has 2 N–H and O–H groups in total. The van der Waals surface area contributed by atoms with Gasteiger partial charge in [-0.2, -0.15) is 0 Å². The maximum Gasteiger partial charge on any atom is 0.410 e. The van der Waals surface area contributed by atoms with Crippen LogP contribution in [0.3, 0.4) is 0 Å². The van der Waals surface area contributed by atoms with Crippen LogP contribution in [0.2, 0.25) is 0 Å². The van der Waals surface area contributed by atoms with E-state index in [0.29, 0.717) is 13.1 Å². The quantitative estimate of drug-likeness (QED) is 0.864. The molecular formula is C18H27N3O3. The minimum absolute atomic E-state index is 0.00343. The predicted octanol–water partition coefficient (Wildman–Crippen LogP) is 1.98. The maximum absolute atomic E-state index is 12.5. The van der Waals surface area contributed by atoms with Crippen molar-refractivity contribution in [2.24, 2.45) is 5.73 Å². The summed E-state index contributed by atoms with van der Waals surface area (Å²) in [6.45, 7) is 5.36. The number of amides is 2. The molecule has 6 heteroatoms. The zero-order valence-electron chi connectivity index (χ0n) is 14.5. The van der Waals surface area contributed by atoms with Gasteiger partial charge in [-0.1, -0.05) is 30.3 Å². The number of rotatable bonds is 6. The lowest BCUT2D eigenvalue weighted by molar-refractivity contribution is -0.130. The van der Waals surface area contributed by atoms with Gasteiger partial charge >= 0.3 is 6.09 Å². The average Bonchev–Trinajstić information content (AvgIpc) is 3.05. The van der Waals surface area contributed by atoms with Crippen LogP contribution in [-0.4, -0.2) is 53.5 Å². The van der Waals surface area contributed by atoms with Crippen LogP contribution in [0.1, 0.15) is 32.3 Å². The molecule has 132 valence electrons. The van der Waals surface area contributed by atoms with Crippen LogP contribution in [0.25, 0.3) is 0 Å². The van der Waals surface area contributed by atoms with Gasteiger partial charge in [-0.05, 0) is 32.3 Å². The van der Waals surface area contributed by atoms with Gasteiger partial charge in [0.2, 0.25) is 5.91 Å². The molecule has 0 bridgehead atoms. The van der Waals surface area contributed by atoms with E-state index in [2.05, 4.69) is 0 Å². The third kappa shape index (κ3) is 4.71. The zero-order chi connectivity index (χ0) is 17.5. The van der Waals surface area contributed by atoms with E-state index < -0.39 is 0 Å². The van der Waals surface area contributed by atoms with E-state index in [1.807, 2.05) is 44.2 Å².